The predicted molar refractivity (Wildman–Crippen MR) is 124 cm³/mol. The van der Waals surface area contributed by atoms with Gasteiger partial charge in [0, 0.05) is 23.4 Å². The molecule has 0 spiro atoms. The first kappa shape index (κ1) is 20.8. The summed E-state index contributed by atoms with van der Waals surface area (Å²) in [5.41, 5.74) is 4.36. The second kappa shape index (κ2) is 8.12. The number of ketones is 1. The third-order valence-corrected chi connectivity index (χ3v) is 6.11. The Morgan fingerprint density at radius 2 is 2.00 bits per heavy atom. The van der Waals surface area contributed by atoms with Gasteiger partial charge in [0.1, 0.15) is 17.4 Å². The molecule has 0 unspecified atom stereocenters. The third-order valence-electron chi connectivity index (χ3n) is 6.11. The summed E-state index contributed by atoms with van der Waals surface area (Å²) in [6, 6.07) is 12.0. The number of amides is 1. The molecule has 3 N–H and O–H groups in total. The number of allylic oxidation sites excluding steroid dienone is 2. The van der Waals surface area contributed by atoms with Crippen LogP contribution in [0.5, 0.6) is 11.5 Å². The summed E-state index contributed by atoms with van der Waals surface area (Å²) in [7, 11) is 1.48. The van der Waals surface area contributed by atoms with E-state index in [1.54, 1.807) is 16.8 Å². The number of hydrogen-bond acceptors (Lipinski definition) is 6. The van der Waals surface area contributed by atoms with Crippen molar-refractivity contribution >= 4 is 23.2 Å². The smallest absolute Gasteiger partial charge is 0.261 e. The lowest BCUT2D eigenvalue weighted by Gasteiger charge is -2.33. The lowest BCUT2D eigenvalue weighted by atomic mass is 9.85. The first-order valence-electron chi connectivity index (χ1n) is 10.8. The van der Waals surface area contributed by atoms with E-state index < -0.39 is 6.04 Å². The fourth-order valence-corrected chi connectivity index (χ4v) is 4.43. The van der Waals surface area contributed by atoms with E-state index >= 15 is 0 Å². The van der Waals surface area contributed by atoms with Gasteiger partial charge in [-0.25, -0.2) is 4.68 Å². The Balaban J connectivity index is 1.58. The second-order valence-corrected chi connectivity index (χ2v) is 8.30. The highest BCUT2D eigenvalue weighted by Crippen LogP contribution is 2.43. The molecule has 0 fully saturated rings. The van der Waals surface area contributed by atoms with Gasteiger partial charge >= 0.3 is 0 Å². The molecule has 8 heteroatoms. The first-order valence-corrected chi connectivity index (χ1v) is 10.8. The van der Waals surface area contributed by atoms with Crippen molar-refractivity contribution < 1.29 is 19.4 Å². The average Bonchev–Trinajstić information content (AvgIpc) is 3.23. The number of nitrogens with one attached hydrogen (secondary N) is 2. The summed E-state index contributed by atoms with van der Waals surface area (Å²) in [4.78, 5) is 26.1. The van der Waals surface area contributed by atoms with Crippen molar-refractivity contribution in [3.8, 4) is 11.5 Å². The number of methoxy groups -OCH3 is 1. The number of carbonyl (C=O) groups excluding carboxylic acids is 2. The number of phenolic OH excluding ortho intramolecular Hbond substituents is 1. The standard InChI is InChI=1S/C25H24N4O4/c1-14-6-9-16(10-7-14)27-25(32)17-13-26-29-23(15-8-11-19(30)21(12-15)33-2)22-18(28-24(17)29)4-3-5-20(22)31/h6-13,23,28,30H,3-5H2,1-2H3,(H,27,32)/t23-/m1/s1. The average molecular weight is 444 g/mol. The molecule has 2 aliphatic rings. The van der Waals surface area contributed by atoms with Crippen LogP contribution in [0.2, 0.25) is 0 Å². The van der Waals surface area contributed by atoms with Gasteiger partial charge in [-0.2, -0.15) is 5.10 Å². The number of carbonyl (C=O) groups is 2. The molecule has 1 aliphatic carbocycles. The van der Waals surface area contributed by atoms with Crippen molar-refractivity contribution in [3.05, 3.63) is 76.6 Å². The van der Waals surface area contributed by atoms with Crippen LogP contribution in [0.25, 0.3) is 0 Å². The van der Waals surface area contributed by atoms with Gasteiger partial charge in [-0.1, -0.05) is 23.8 Å². The normalized spacial score (nSPS) is 17.2. The molecule has 0 saturated heterocycles. The van der Waals surface area contributed by atoms with Gasteiger partial charge in [0.05, 0.1) is 13.3 Å². The van der Waals surface area contributed by atoms with Crippen molar-refractivity contribution in [2.24, 2.45) is 0 Å². The van der Waals surface area contributed by atoms with Crippen LogP contribution in [0.15, 0.2) is 59.9 Å². The van der Waals surface area contributed by atoms with Crippen molar-refractivity contribution in [1.82, 2.24) is 9.78 Å². The Kier molecular flexibility index (Phi) is 5.12. The Morgan fingerprint density at radius 3 is 2.76 bits per heavy atom. The van der Waals surface area contributed by atoms with Crippen molar-refractivity contribution in [1.29, 1.82) is 0 Å². The number of hydrogen-bond donors (Lipinski definition) is 3. The van der Waals surface area contributed by atoms with Crippen molar-refractivity contribution in [2.75, 3.05) is 17.7 Å². The fourth-order valence-electron chi connectivity index (χ4n) is 4.43. The molecule has 2 aromatic carbocycles. The maximum atomic E-state index is 13.1. The SMILES string of the molecule is COc1cc([C@@H]2C3=C(CCCC3=O)Nc3c(C(=O)Nc4ccc(C)cc4)cnn32)ccc1O. The largest absolute Gasteiger partial charge is 0.504 e. The van der Waals surface area contributed by atoms with Gasteiger partial charge in [0.2, 0.25) is 0 Å². The van der Waals surface area contributed by atoms with E-state index in [-0.39, 0.29) is 17.4 Å². The van der Waals surface area contributed by atoms with Gasteiger partial charge in [-0.3, -0.25) is 9.59 Å². The molecule has 1 aromatic heterocycles. The third kappa shape index (κ3) is 3.63. The highest BCUT2D eigenvalue weighted by Gasteiger charge is 2.37. The van der Waals surface area contributed by atoms with Gasteiger partial charge in [0.15, 0.2) is 17.3 Å². The zero-order chi connectivity index (χ0) is 23.1. The monoisotopic (exact) mass is 444 g/mol. The second-order valence-electron chi connectivity index (χ2n) is 8.30. The zero-order valence-corrected chi connectivity index (χ0v) is 18.4. The Morgan fingerprint density at radius 1 is 1.21 bits per heavy atom. The minimum Gasteiger partial charge on any atom is -0.504 e. The number of aromatic nitrogens is 2. The summed E-state index contributed by atoms with van der Waals surface area (Å²) in [5.74, 6) is 0.610. The van der Waals surface area contributed by atoms with E-state index in [4.69, 9.17) is 4.74 Å². The van der Waals surface area contributed by atoms with E-state index in [1.165, 1.54) is 19.4 Å². The van der Waals surface area contributed by atoms with Gasteiger partial charge in [-0.15, -0.1) is 0 Å². The molecule has 5 rings (SSSR count). The number of aryl methyl sites for hydroxylation is 1. The Bertz CT molecular complexity index is 1290. The Labute approximate surface area is 190 Å². The van der Waals surface area contributed by atoms with Crippen LogP contribution in [0.1, 0.15) is 46.8 Å². The molecule has 168 valence electrons. The van der Waals surface area contributed by atoms with Crippen LogP contribution in [-0.2, 0) is 4.79 Å². The summed E-state index contributed by atoms with van der Waals surface area (Å²) in [6.45, 7) is 1.99. The molecular formula is C25H24N4O4. The van der Waals surface area contributed by atoms with Crippen LogP contribution >= 0.6 is 0 Å². The molecule has 3 aromatic rings. The van der Waals surface area contributed by atoms with Crippen LogP contribution in [-0.4, -0.2) is 33.7 Å². The molecule has 2 heterocycles. The van der Waals surface area contributed by atoms with E-state index in [0.29, 0.717) is 41.2 Å². The van der Waals surface area contributed by atoms with Crippen LogP contribution in [0, 0.1) is 6.92 Å². The molecule has 0 bridgehead atoms. The molecule has 0 radical (unpaired) electrons. The van der Waals surface area contributed by atoms with E-state index in [9.17, 15) is 14.7 Å². The van der Waals surface area contributed by atoms with E-state index in [1.807, 2.05) is 31.2 Å². The quantitative estimate of drug-likeness (QED) is 0.558. The number of Topliss-reactive ketones (excluding diaryl/α,β-unsaturated/α-hetero) is 1. The molecule has 1 amide bonds. The van der Waals surface area contributed by atoms with Crippen LogP contribution < -0.4 is 15.4 Å². The van der Waals surface area contributed by atoms with E-state index in [2.05, 4.69) is 15.7 Å². The number of fused-ring (bicyclic) bond motifs is 1. The number of ether oxygens (including phenoxy) is 1. The van der Waals surface area contributed by atoms with Gasteiger partial charge in [-0.05, 0) is 49.6 Å². The lowest BCUT2D eigenvalue weighted by Crippen LogP contribution is -2.32. The molecule has 1 atom stereocenters. The van der Waals surface area contributed by atoms with Crippen LogP contribution in [0.4, 0.5) is 11.5 Å². The maximum absolute atomic E-state index is 13.1. The molecule has 0 saturated carbocycles. The van der Waals surface area contributed by atoms with Crippen molar-refractivity contribution in [2.45, 2.75) is 32.2 Å². The molecule has 33 heavy (non-hydrogen) atoms. The number of rotatable bonds is 4. The van der Waals surface area contributed by atoms with E-state index in [0.717, 1.165) is 23.2 Å². The lowest BCUT2D eigenvalue weighted by molar-refractivity contribution is -0.116. The zero-order valence-electron chi connectivity index (χ0n) is 18.4. The fraction of sp³-hybridized carbons (Fsp3) is 0.240. The highest BCUT2D eigenvalue weighted by molar-refractivity contribution is 6.08. The minimum atomic E-state index is -0.528. The number of anilines is 2. The Hall–Kier alpha value is -4.07. The van der Waals surface area contributed by atoms with Crippen LogP contribution in [0.3, 0.4) is 0 Å². The first-order chi connectivity index (χ1) is 16.0. The highest BCUT2D eigenvalue weighted by atomic mass is 16.5. The summed E-state index contributed by atoms with van der Waals surface area (Å²) < 4.78 is 6.95. The summed E-state index contributed by atoms with van der Waals surface area (Å²) >= 11 is 0. The summed E-state index contributed by atoms with van der Waals surface area (Å²) in [6.07, 6.45) is 3.43. The minimum absolute atomic E-state index is 0.0122. The summed E-state index contributed by atoms with van der Waals surface area (Å²) in [5, 5.41) is 20.8. The van der Waals surface area contributed by atoms with Gasteiger partial charge < -0.3 is 20.5 Å². The number of nitrogens with zero attached hydrogens (tertiary/aromatic N) is 2. The molecule has 1 aliphatic heterocycles. The number of aromatic hydroxyl groups is 1. The molecule has 8 nitrogen and oxygen atoms in total. The predicted octanol–water partition coefficient (Wildman–Crippen LogP) is 4.18. The van der Waals surface area contributed by atoms with Gasteiger partial charge in [0.25, 0.3) is 5.91 Å². The molecular weight excluding hydrogens is 420 g/mol. The number of phenols is 1. The number of benzene rings is 2. The van der Waals surface area contributed by atoms with Crippen molar-refractivity contribution in [3.63, 3.8) is 0 Å². The topological polar surface area (TPSA) is 105 Å². The maximum Gasteiger partial charge on any atom is 0.261 e.